The van der Waals surface area contributed by atoms with Crippen LogP contribution < -0.4 is 20.9 Å². The van der Waals surface area contributed by atoms with Crippen molar-refractivity contribution in [3.8, 4) is 0 Å². The summed E-state index contributed by atoms with van der Waals surface area (Å²) in [7, 11) is 0. The van der Waals surface area contributed by atoms with Crippen LogP contribution >= 0.6 is 0 Å². The van der Waals surface area contributed by atoms with E-state index in [1.165, 1.54) is 11.8 Å². The molecule has 0 spiro atoms. The van der Waals surface area contributed by atoms with Crippen molar-refractivity contribution in [3.05, 3.63) is 24.3 Å². The second kappa shape index (κ2) is 8.70. The third-order valence-corrected chi connectivity index (χ3v) is 4.29. The summed E-state index contributed by atoms with van der Waals surface area (Å²) in [5, 5.41) is 26.1. The van der Waals surface area contributed by atoms with Crippen LogP contribution in [0.25, 0.3) is 0 Å². The standard InChI is InChI=1S/C18H24N4O6/c1-9(2)14(16(25)20-15(10(3)23)17(26)27)21-18(28)22-8-13(24)19-11-6-4-5-7-12(11)22/h4-7,9-10,14-15,23H,8H2,1-3H3,(H,19,24)(H,20,25)(H,21,28)(H,26,27)/t10-,14-,15-/m0/s1. The van der Waals surface area contributed by atoms with Crippen molar-refractivity contribution in [2.45, 2.75) is 39.0 Å². The number of benzene rings is 1. The molecule has 10 nitrogen and oxygen atoms in total. The van der Waals surface area contributed by atoms with Gasteiger partial charge in [0.25, 0.3) is 0 Å². The summed E-state index contributed by atoms with van der Waals surface area (Å²) in [4.78, 5) is 49.6. The maximum atomic E-state index is 12.8. The monoisotopic (exact) mass is 392 g/mol. The fourth-order valence-corrected chi connectivity index (χ4v) is 2.79. The van der Waals surface area contributed by atoms with E-state index >= 15 is 0 Å². The Labute approximate surface area is 161 Å². The van der Waals surface area contributed by atoms with E-state index in [-0.39, 0.29) is 18.4 Å². The van der Waals surface area contributed by atoms with Gasteiger partial charge >= 0.3 is 12.0 Å². The molecule has 3 atom stereocenters. The normalized spacial score (nSPS) is 16.5. The van der Waals surface area contributed by atoms with E-state index in [0.29, 0.717) is 11.4 Å². The number of aliphatic carboxylic acids is 1. The lowest BCUT2D eigenvalue weighted by Gasteiger charge is -2.32. The van der Waals surface area contributed by atoms with Crippen LogP contribution in [-0.2, 0) is 14.4 Å². The number of amides is 4. The largest absolute Gasteiger partial charge is 0.480 e. The molecule has 0 saturated heterocycles. The van der Waals surface area contributed by atoms with E-state index < -0.39 is 36.1 Å². The molecule has 1 aliphatic rings. The van der Waals surface area contributed by atoms with Crippen LogP contribution in [0.5, 0.6) is 0 Å². The number of carbonyl (C=O) groups is 4. The fraction of sp³-hybridized carbons (Fsp3) is 0.444. The van der Waals surface area contributed by atoms with Crippen LogP contribution in [0.4, 0.5) is 16.2 Å². The Hall–Kier alpha value is -3.14. The highest BCUT2D eigenvalue weighted by atomic mass is 16.4. The Bertz CT molecular complexity index is 779. The highest BCUT2D eigenvalue weighted by Crippen LogP contribution is 2.28. The van der Waals surface area contributed by atoms with Crippen LogP contribution in [0, 0.1) is 5.92 Å². The number of para-hydroxylation sites is 2. The zero-order chi connectivity index (χ0) is 21.0. The smallest absolute Gasteiger partial charge is 0.328 e. The SMILES string of the molecule is CC(C)[C@H](NC(=O)N1CC(=O)Nc2ccccc21)C(=O)N[C@H](C(=O)O)[C@H](C)O. The van der Waals surface area contributed by atoms with Crippen molar-refractivity contribution in [1.82, 2.24) is 10.6 Å². The van der Waals surface area contributed by atoms with Gasteiger partial charge in [-0.1, -0.05) is 26.0 Å². The van der Waals surface area contributed by atoms with E-state index in [0.717, 1.165) is 0 Å². The zero-order valence-corrected chi connectivity index (χ0v) is 15.8. The number of carboxylic acids is 1. The summed E-state index contributed by atoms with van der Waals surface area (Å²) in [5.41, 5.74) is 0.953. The summed E-state index contributed by atoms with van der Waals surface area (Å²) >= 11 is 0. The number of fused-ring (bicyclic) bond motifs is 1. The van der Waals surface area contributed by atoms with Gasteiger partial charge in [0, 0.05) is 0 Å². The number of nitrogens with one attached hydrogen (secondary N) is 3. The number of rotatable bonds is 6. The van der Waals surface area contributed by atoms with Crippen LogP contribution in [0.2, 0.25) is 0 Å². The molecule has 5 N–H and O–H groups in total. The fourth-order valence-electron chi connectivity index (χ4n) is 2.79. The Balaban J connectivity index is 2.18. The lowest BCUT2D eigenvalue weighted by Crippen LogP contribution is -2.58. The number of aliphatic hydroxyl groups excluding tert-OH is 1. The molecule has 4 amide bonds. The number of urea groups is 1. The summed E-state index contributed by atoms with van der Waals surface area (Å²) in [5.74, 6) is -2.88. The van der Waals surface area contributed by atoms with E-state index in [1.54, 1.807) is 38.1 Å². The third kappa shape index (κ3) is 4.77. The predicted molar refractivity (Wildman–Crippen MR) is 101 cm³/mol. The molecule has 1 heterocycles. The molecule has 0 bridgehead atoms. The van der Waals surface area contributed by atoms with Crippen molar-refractivity contribution in [3.63, 3.8) is 0 Å². The van der Waals surface area contributed by atoms with Crippen molar-refractivity contribution >= 4 is 35.2 Å². The quantitative estimate of drug-likeness (QED) is 0.465. The van der Waals surface area contributed by atoms with Gasteiger partial charge in [0.2, 0.25) is 11.8 Å². The number of anilines is 2. The molecule has 28 heavy (non-hydrogen) atoms. The molecule has 0 unspecified atom stereocenters. The number of hydrogen-bond acceptors (Lipinski definition) is 5. The van der Waals surface area contributed by atoms with Gasteiger partial charge < -0.3 is 26.2 Å². The van der Waals surface area contributed by atoms with Gasteiger partial charge in [0.1, 0.15) is 12.6 Å². The second-order valence-corrected chi connectivity index (χ2v) is 6.89. The van der Waals surface area contributed by atoms with Crippen molar-refractivity contribution in [2.24, 2.45) is 5.92 Å². The average molecular weight is 392 g/mol. The Kier molecular flexibility index (Phi) is 6.57. The number of aliphatic hydroxyl groups is 1. The molecule has 10 heteroatoms. The van der Waals surface area contributed by atoms with Crippen molar-refractivity contribution in [2.75, 3.05) is 16.8 Å². The molecule has 0 aromatic heterocycles. The van der Waals surface area contributed by atoms with Crippen molar-refractivity contribution in [1.29, 1.82) is 0 Å². The Morgan fingerprint density at radius 1 is 1.11 bits per heavy atom. The second-order valence-electron chi connectivity index (χ2n) is 6.89. The van der Waals surface area contributed by atoms with E-state index in [1.807, 2.05) is 0 Å². The van der Waals surface area contributed by atoms with E-state index in [2.05, 4.69) is 16.0 Å². The lowest BCUT2D eigenvalue weighted by molar-refractivity contribution is -0.145. The molecular formula is C18H24N4O6. The summed E-state index contributed by atoms with van der Waals surface area (Å²) < 4.78 is 0. The maximum absolute atomic E-state index is 12.8. The van der Waals surface area contributed by atoms with Crippen LogP contribution in [0.15, 0.2) is 24.3 Å². The summed E-state index contributed by atoms with van der Waals surface area (Å²) in [6.07, 6.45) is -1.32. The summed E-state index contributed by atoms with van der Waals surface area (Å²) in [6, 6.07) is 3.50. The van der Waals surface area contributed by atoms with Gasteiger partial charge in [0.15, 0.2) is 6.04 Å². The molecule has 1 aromatic rings. The first-order chi connectivity index (χ1) is 13.1. The topological polar surface area (TPSA) is 148 Å². The highest BCUT2D eigenvalue weighted by molar-refractivity contribution is 6.10. The van der Waals surface area contributed by atoms with Gasteiger partial charge in [0.05, 0.1) is 17.5 Å². The lowest BCUT2D eigenvalue weighted by atomic mass is 10.0. The highest BCUT2D eigenvalue weighted by Gasteiger charge is 2.33. The maximum Gasteiger partial charge on any atom is 0.328 e. The van der Waals surface area contributed by atoms with E-state index in [4.69, 9.17) is 5.11 Å². The number of carboxylic acid groups (broad SMARTS) is 1. The van der Waals surface area contributed by atoms with Gasteiger partial charge in [-0.25, -0.2) is 9.59 Å². The first-order valence-corrected chi connectivity index (χ1v) is 8.80. The molecule has 0 radical (unpaired) electrons. The zero-order valence-electron chi connectivity index (χ0n) is 15.8. The molecule has 2 rings (SSSR count). The average Bonchev–Trinajstić information content (AvgIpc) is 2.62. The van der Waals surface area contributed by atoms with Gasteiger partial charge in [-0.3, -0.25) is 14.5 Å². The van der Waals surface area contributed by atoms with Gasteiger partial charge in [-0.2, -0.15) is 0 Å². The third-order valence-electron chi connectivity index (χ3n) is 4.29. The molecule has 0 fully saturated rings. The van der Waals surface area contributed by atoms with Crippen LogP contribution in [0.3, 0.4) is 0 Å². The predicted octanol–water partition coefficient (Wildman–Crippen LogP) is 0.130. The Morgan fingerprint density at radius 2 is 1.75 bits per heavy atom. The minimum absolute atomic E-state index is 0.222. The molecule has 0 aliphatic carbocycles. The van der Waals surface area contributed by atoms with Crippen molar-refractivity contribution < 1.29 is 29.4 Å². The molecule has 1 aliphatic heterocycles. The molecule has 0 saturated carbocycles. The summed E-state index contributed by atoms with van der Waals surface area (Å²) in [6.45, 7) is 4.38. The molecule has 1 aromatic carbocycles. The number of carbonyl (C=O) groups excluding carboxylic acids is 3. The van der Waals surface area contributed by atoms with Gasteiger partial charge in [-0.05, 0) is 25.0 Å². The first-order valence-electron chi connectivity index (χ1n) is 8.80. The number of hydrogen-bond donors (Lipinski definition) is 5. The molecule has 152 valence electrons. The number of nitrogens with zero attached hydrogens (tertiary/aromatic N) is 1. The Morgan fingerprint density at radius 3 is 2.32 bits per heavy atom. The van der Waals surface area contributed by atoms with Crippen LogP contribution in [-0.4, -0.2) is 58.8 Å². The van der Waals surface area contributed by atoms with Crippen LogP contribution in [0.1, 0.15) is 20.8 Å². The minimum Gasteiger partial charge on any atom is -0.480 e. The minimum atomic E-state index is -1.51. The first kappa shape index (κ1) is 21.2. The van der Waals surface area contributed by atoms with E-state index in [9.17, 15) is 24.3 Å². The van der Waals surface area contributed by atoms with Gasteiger partial charge in [-0.15, -0.1) is 0 Å². The molecular weight excluding hydrogens is 368 g/mol.